The van der Waals surface area contributed by atoms with Crippen LogP contribution in [0.2, 0.25) is 10.0 Å². The van der Waals surface area contributed by atoms with E-state index in [1.54, 1.807) is 13.2 Å². The normalized spacial score (nSPS) is 18.0. The number of anilines is 1. The van der Waals surface area contributed by atoms with E-state index in [1.165, 1.54) is 16.4 Å². The molecule has 0 saturated carbocycles. The third-order valence-electron chi connectivity index (χ3n) is 5.99. The van der Waals surface area contributed by atoms with Crippen molar-refractivity contribution in [2.24, 2.45) is 5.92 Å². The molecular formula is C22H24Cl2N2O4S. The van der Waals surface area contributed by atoms with E-state index in [0.29, 0.717) is 24.4 Å². The Morgan fingerprint density at radius 1 is 1.06 bits per heavy atom. The number of amides is 1. The summed E-state index contributed by atoms with van der Waals surface area (Å²) in [6.07, 6.45) is 2.75. The lowest BCUT2D eigenvalue weighted by atomic mass is 9.94. The van der Waals surface area contributed by atoms with Gasteiger partial charge in [0.25, 0.3) is 0 Å². The van der Waals surface area contributed by atoms with Crippen LogP contribution in [0, 0.1) is 5.92 Å². The smallest absolute Gasteiger partial charge is 0.244 e. The number of carbonyl (C=O) groups excluding carboxylic acids is 1. The molecule has 0 aliphatic carbocycles. The van der Waals surface area contributed by atoms with Crippen molar-refractivity contribution in [3.05, 3.63) is 52.0 Å². The summed E-state index contributed by atoms with van der Waals surface area (Å²) in [5, 5.41) is 0.455. The van der Waals surface area contributed by atoms with E-state index in [4.69, 9.17) is 27.9 Å². The highest BCUT2D eigenvalue weighted by Crippen LogP contribution is 2.34. The molecule has 2 aliphatic rings. The van der Waals surface area contributed by atoms with E-state index in [9.17, 15) is 13.2 Å². The van der Waals surface area contributed by atoms with Gasteiger partial charge in [0.2, 0.25) is 15.9 Å². The van der Waals surface area contributed by atoms with Crippen molar-refractivity contribution >= 4 is 44.8 Å². The number of sulfonamides is 1. The number of nitrogens with zero attached hydrogens (tertiary/aromatic N) is 2. The van der Waals surface area contributed by atoms with Gasteiger partial charge in [0.15, 0.2) is 0 Å². The average molecular weight is 483 g/mol. The standard InChI is InChI=1S/C22H24Cl2N2O4S/c1-30-18-5-7-20-16(13-18)3-2-10-26(20)22(27)15-8-11-25(12-9-15)31(28,29)21-14-17(23)4-6-19(21)24/h4-7,13-15H,2-3,8-12H2,1H3. The number of methoxy groups -OCH3 is 1. The fourth-order valence-corrected chi connectivity index (χ4v) is 6.51. The molecule has 6 nitrogen and oxygen atoms in total. The second-order valence-corrected chi connectivity index (χ2v) is 10.6. The quantitative estimate of drug-likeness (QED) is 0.648. The molecular weight excluding hydrogens is 459 g/mol. The minimum Gasteiger partial charge on any atom is -0.497 e. The number of aryl methyl sites for hydroxylation is 1. The molecule has 0 bridgehead atoms. The Morgan fingerprint density at radius 2 is 1.81 bits per heavy atom. The third kappa shape index (κ3) is 4.42. The summed E-state index contributed by atoms with van der Waals surface area (Å²) in [4.78, 5) is 15.1. The largest absolute Gasteiger partial charge is 0.497 e. The minimum atomic E-state index is -3.77. The van der Waals surface area contributed by atoms with Crippen LogP contribution < -0.4 is 9.64 Å². The molecule has 0 N–H and O–H groups in total. The zero-order valence-corrected chi connectivity index (χ0v) is 19.5. The summed E-state index contributed by atoms with van der Waals surface area (Å²) >= 11 is 12.1. The van der Waals surface area contributed by atoms with Gasteiger partial charge < -0.3 is 9.64 Å². The van der Waals surface area contributed by atoms with Crippen LogP contribution >= 0.6 is 23.2 Å². The SMILES string of the molecule is COc1ccc2c(c1)CCCN2C(=O)C1CCN(S(=O)(=O)c2cc(Cl)ccc2Cl)CC1. The van der Waals surface area contributed by atoms with Crippen molar-refractivity contribution in [1.82, 2.24) is 4.31 Å². The van der Waals surface area contributed by atoms with Crippen molar-refractivity contribution in [2.75, 3.05) is 31.6 Å². The van der Waals surface area contributed by atoms with Crippen LogP contribution in [-0.4, -0.2) is 45.4 Å². The van der Waals surface area contributed by atoms with E-state index in [0.717, 1.165) is 29.8 Å². The van der Waals surface area contributed by atoms with E-state index < -0.39 is 10.0 Å². The maximum Gasteiger partial charge on any atom is 0.244 e. The van der Waals surface area contributed by atoms with Crippen LogP contribution in [-0.2, 0) is 21.2 Å². The Morgan fingerprint density at radius 3 is 2.52 bits per heavy atom. The van der Waals surface area contributed by atoms with Crippen LogP contribution in [0.1, 0.15) is 24.8 Å². The molecule has 2 aromatic rings. The van der Waals surface area contributed by atoms with Gasteiger partial charge in [-0.15, -0.1) is 0 Å². The van der Waals surface area contributed by atoms with Gasteiger partial charge in [0, 0.05) is 36.3 Å². The van der Waals surface area contributed by atoms with Crippen molar-refractivity contribution in [3.8, 4) is 5.75 Å². The molecule has 2 heterocycles. The number of carbonyl (C=O) groups is 1. The predicted molar refractivity (Wildman–Crippen MR) is 122 cm³/mol. The van der Waals surface area contributed by atoms with Crippen LogP contribution in [0.3, 0.4) is 0 Å². The fraction of sp³-hybridized carbons (Fsp3) is 0.409. The summed E-state index contributed by atoms with van der Waals surface area (Å²) in [7, 11) is -2.14. The maximum absolute atomic E-state index is 13.3. The van der Waals surface area contributed by atoms with Crippen LogP contribution in [0.25, 0.3) is 0 Å². The number of benzene rings is 2. The summed E-state index contributed by atoms with van der Waals surface area (Å²) in [6, 6.07) is 10.2. The van der Waals surface area contributed by atoms with Gasteiger partial charge in [-0.3, -0.25) is 4.79 Å². The maximum atomic E-state index is 13.3. The van der Waals surface area contributed by atoms with Crippen molar-refractivity contribution in [2.45, 2.75) is 30.6 Å². The molecule has 166 valence electrons. The zero-order valence-electron chi connectivity index (χ0n) is 17.2. The molecule has 31 heavy (non-hydrogen) atoms. The Hall–Kier alpha value is -1.80. The topological polar surface area (TPSA) is 66.9 Å². The molecule has 2 aromatic carbocycles. The molecule has 1 amide bonds. The lowest BCUT2D eigenvalue weighted by Gasteiger charge is -2.36. The van der Waals surface area contributed by atoms with Gasteiger partial charge in [0.1, 0.15) is 10.6 Å². The number of halogens is 2. The minimum absolute atomic E-state index is 0.00495. The second-order valence-electron chi connectivity index (χ2n) is 7.84. The number of ether oxygens (including phenoxy) is 1. The first-order chi connectivity index (χ1) is 14.8. The molecule has 0 spiro atoms. The predicted octanol–water partition coefficient (Wildman–Crippen LogP) is 4.38. The van der Waals surface area contributed by atoms with E-state index >= 15 is 0 Å². The van der Waals surface area contributed by atoms with Crippen LogP contribution in [0.4, 0.5) is 5.69 Å². The summed E-state index contributed by atoms with van der Waals surface area (Å²) in [5.41, 5.74) is 2.03. The van der Waals surface area contributed by atoms with Crippen LogP contribution in [0.15, 0.2) is 41.3 Å². The zero-order chi connectivity index (χ0) is 22.2. The number of fused-ring (bicyclic) bond motifs is 1. The van der Waals surface area contributed by atoms with Crippen LogP contribution in [0.5, 0.6) is 5.75 Å². The van der Waals surface area contributed by atoms with Crippen molar-refractivity contribution in [1.29, 1.82) is 0 Å². The first kappa shape index (κ1) is 22.4. The van der Waals surface area contributed by atoms with Gasteiger partial charge in [-0.05, 0) is 67.6 Å². The van der Waals surface area contributed by atoms with Gasteiger partial charge in [-0.25, -0.2) is 8.42 Å². The van der Waals surface area contributed by atoms with E-state index in [1.807, 2.05) is 23.1 Å². The molecule has 2 aliphatic heterocycles. The molecule has 0 radical (unpaired) electrons. The molecule has 1 saturated heterocycles. The third-order valence-corrected chi connectivity index (χ3v) is 8.60. The molecule has 9 heteroatoms. The van der Waals surface area contributed by atoms with E-state index in [-0.39, 0.29) is 34.8 Å². The number of rotatable bonds is 4. The van der Waals surface area contributed by atoms with Gasteiger partial charge >= 0.3 is 0 Å². The number of hydrogen-bond acceptors (Lipinski definition) is 4. The van der Waals surface area contributed by atoms with Gasteiger partial charge in [-0.1, -0.05) is 23.2 Å². The Labute approximate surface area is 192 Å². The molecule has 4 rings (SSSR count). The highest BCUT2D eigenvalue weighted by molar-refractivity contribution is 7.89. The first-order valence-corrected chi connectivity index (χ1v) is 12.4. The monoisotopic (exact) mass is 482 g/mol. The highest BCUT2D eigenvalue weighted by atomic mass is 35.5. The lowest BCUT2D eigenvalue weighted by Crippen LogP contribution is -2.45. The number of piperidine rings is 1. The van der Waals surface area contributed by atoms with E-state index in [2.05, 4.69) is 0 Å². The highest BCUT2D eigenvalue weighted by Gasteiger charge is 2.36. The van der Waals surface area contributed by atoms with Gasteiger partial charge in [0.05, 0.1) is 12.1 Å². The molecule has 0 unspecified atom stereocenters. The Balaban J connectivity index is 1.47. The molecule has 1 fully saturated rings. The Kier molecular flexibility index (Phi) is 6.49. The second kappa shape index (κ2) is 8.98. The Bertz CT molecular complexity index is 1100. The fourth-order valence-electron chi connectivity index (χ4n) is 4.31. The van der Waals surface area contributed by atoms with Gasteiger partial charge in [-0.2, -0.15) is 4.31 Å². The molecule has 0 atom stereocenters. The first-order valence-electron chi connectivity index (χ1n) is 10.2. The number of hydrogen-bond donors (Lipinski definition) is 0. The summed E-state index contributed by atoms with van der Waals surface area (Å²) < 4.78 is 32.8. The van der Waals surface area contributed by atoms with Crippen molar-refractivity contribution in [3.63, 3.8) is 0 Å². The lowest BCUT2D eigenvalue weighted by molar-refractivity contribution is -0.123. The average Bonchev–Trinajstić information content (AvgIpc) is 2.79. The summed E-state index contributed by atoms with van der Waals surface area (Å²) in [6.45, 7) is 1.21. The summed E-state index contributed by atoms with van der Waals surface area (Å²) in [5.74, 6) is 0.629. The molecule has 0 aromatic heterocycles. The van der Waals surface area contributed by atoms with Crippen molar-refractivity contribution < 1.29 is 17.9 Å².